The van der Waals surface area contributed by atoms with E-state index in [4.69, 9.17) is 0 Å². The molecular weight excluding hydrogens is 358 g/mol. The molecule has 1 N–H and O–H groups in total. The number of nitrogens with zero attached hydrogens (tertiary/aromatic N) is 6. The molecule has 0 fully saturated rings. The van der Waals surface area contributed by atoms with Gasteiger partial charge in [0.1, 0.15) is 22.1 Å². The van der Waals surface area contributed by atoms with Crippen LogP contribution in [-0.2, 0) is 11.3 Å². The number of aromatic nitrogens is 6. The molecule has 0 unspecified atom stereocenters. The topological polar surface area (TPSA) is 98.5 Å². The average molecular weight is 363 g/mol. The largest absolute Gasteiger partial charge is 0.307 e. The lowest BCUT2D eigenvalue weighted by atomic mass is 10.5. The van der Waals surface area contributed by atoms with Gasteiger partial charge in [0, 0.05) is 0 Å². The SMILES string of the molecule is O=C(Cn1cnnn1)Nc1ncc(Br)nc1Br. The minimum Gasteiger partial charge on any atom is -0.307 e. The Kier molecular flexibility index (Phi) is 3.74. The molecule has 2 aromatic rings. The maximum Gasteiger partial charge on any atom is 0.247 e. The highest BCUT2D eigenvalue weighted by molar-refractivity contribution is 9.11. The molecule has 0 bridgehead atoms. The lowest BCUT2D eigenvalue weighted by Crippen LogP contribution is -2.20. The maximum atomic E-state index is 11.6. The lowest BCUT2D eigenvalue weighted by Gasteiger charge is -2.05. The molecular formula is C7H5Br2N7O. The van der Waals surface area contributed by atoms with Crippen LogP contribution in [0.4, 0.5) is 5.82 Å². The normalized spacial score (nSPS) is 10.2. The Morgan fingerprint density at radius 2 is 2.29 bits per heavy atom. The van der Waals surface area contributed by atoms with E-state index in [1.807, 2.05) is 0 Å². The molecule has 0 aromatic carbocycles. The van der Waals surface area contributed by atoms with Gasteiger partial charge in [-0.1, -0.05) is 0 Å². The first-order valence-electron chi connectivity index (χ1n) is 4.34. The van der Waals surface area contributed by atoms with E-state index in [9.17, 15) is 4.79 Å². The van der Waals surface area contributed by atoms with Crippen LogP contribution in [0, 0.1) is 0 Å². The van der Waals surface area contributed by atoms with Gasteiger partial charge < -0.3 is 5.32 Å². The van der Waals surface area contributed by atoms with Gasteiger partial charge in [-0.3, -0.25) is 4.79 Å². The zero-order valence-corrected chi connectivity index (χ0v) is 11.4. The van der Waals surface area contributed by atoms with E-state index in [0.29, 0.717) is 15.0 Å². The van der Waals surface area contributed by atoms with Crippen molar-refractivity contribution >= 4 is 43.6 Å². The average Bonchev–Trinajstić information content (AvgIpc) is 2.75. The second kappa shape index (κ2) is 5.27. The third-order valence-electron chi connectivity index (χ3n) is 1.66. The Bertz CT molecular complexity index is 529. The predicted octanol–water partition coefficient (Wildman–Crippen LogP) is 0.627. The summed E-state index contributed by atoms with van der Waals surface area (Å²) in [7, 11) is 0. The molecule has 2 rings (SSSR count). The first kappa shape index (κ1) is 12.0. The van der Waals surface area contributed by atoms with Crippen LogP contribution in [0.1, 0.15) is 0 Å². The Labute approximate surface area is 112 Å². The van der Waals surface area contributed by atoms with E-state index in [2.05, 4.69) is 62.7 Å². The molecule has 2 heterocycles. The van der Waals surface area contributed by atoms with Gasteiger partial charge >= 0.3 is 0 Å². The second-order valence-corrected chi connectivity index (χ2v) is 4.45. The molecule has 0 aliphatic heterocycles. The number of anilines is 1. The zero-order chi connectivity index (χ0) is 12.3. The van der Waals surface area contributed by atoms with Gasteiger partial charge in [-0.15, -0.1) is 5.10 Å². The monoisotopic (exact) mass is 361 g/mol. The Morgan fingerprint density at radius 1 is 1.47 bits per heavy atom. The van der Waals surface area contributed by atoms with Crippen LogP contribution in [0.5, 0.6) is 0 Å². The van der Waals surface area contributed by atoms with Gasteiger partial charge in [0.15, 0.2) is 5.82 Å². The number of hydrogen-bond acceptors (Lipinski definition) is 6. The summed E-state index contributed by atoms with van der Waals surface area (Å²) in [5.41, 5.74) is 0. The van der Waals surface area contributed by atoms with Crippen LogP contribution in [0.2, 0.25) is 0 Å². The molecule has 1 amide bonds. The van der Waals surface area contributed by atoms with E-state index < -0.39 is 0 Å². The molecule has 0 aliphatic carbocycles. The third kappa shape index (κ3) is 3.27. The number of nitrogens with one attached hydrogen (secondary N) is 1. The van der Waals surface area contributed by atoms with Crippen molar-refractivity contribution in [2.24, 2.45) is 0 Å². The molecule has 2 aromatic heterocycles. The van der Waals surface area contributed by atoms with E-state index >= 15 is 0 Å². The summed E-state index contributed by atoms with van der Waals surface area (Å²) in [6.45, 7) is 0.0111. The number of halogens is 2. The van der Waals surface area contributed by atoms with Crippen LogP contribution in [-0.4, -0.2) is 36.1 Å². The van der Waals surface area contributed by atoms with Crippen LogP contribution >= 0.6 is 31.9 Å². The molecule has 0 atom stereocenters. The summed E-state index contributed by atoms with van der Waals surface area (Å²) >= 11 is 6.35. The highest BCUT2D eigenvalue weighted by Gasteiger charge is 2.09. The van der Waals surface area contributed by atoms with Gasteiger partial charge in [0.05, 0.1) is 6.20 Å². The molecule has 0 saturated heterocycles. The number of carbonyl (C=O) groups is 1. The fraction of sp³-hybridized carbons (Fsp3) is 0.143. The van der Waals surface area contributed by atoms with Crippen molar-refractivity contribution in [1.29, 1.82) is 0 Å². The van der Waals surface area contributed by atoms with Crippen molar-refractivity contribution < 1.29 is 4.79 Å². The lowest BCUT2D eigenvalue weighted by molar-refractivity contribution is -0.117. The standard InChI is InChI=1S/C7H5Br2N7O/c8-4-1-10-7(6(9)12-4)13-5(17)2-16-3-11-14-15-16/h1,3H,2H2,(H,10,13,17). The van der Waals surface area contributed by atoms with E-state index in [1.165, 1.54) is 17.2 Å². The van der Waals surface area contributed by atoms with Crippen LogP contribution in [0.15, 0.2) is 21.7 Å². The first-order valence-corrected chi connectivity index (χ1v) is 5.92. The van der Waals surface area contributed by atoms with Crippen molar-refractivity contribution in [2.75, 3.05) is 5.32 Å². The van der Waals surface area contributed by atoms with E-state index in [-0.39, 0.29) is 12.5 Å². The number of tetrazole rings is 1. The van der Waals surface area contributed by atoms with Crippen molar-refractivity contribution in [3.8, 4) is 0 Å². The predicted molar refractivity (Wildman–Crippen MR) is 63.9 cm³/mol. The quantitative estimate of drug-likeness (QED) is 0.859. The van der Waals surface area contributed by atoms with Gasteiger partial charge in [0.25, 0.3) is 0 Å². The van der Waals surface area contributed by atoms with Crippen LogP contribution in [0.25, 0.3) is 0 Å². The van der Waals surface area contributed by atoms with Gasteiger partial charge in [-0.25, -0.2) is 14.6 Å². The first-order chi connectivity index (χ1) is 8.15. The number of hydrogen-bond donors (Lipinski definition) is 1. The minimum absolute atomic E-state index is 0.0111. The molecule has 0 aliphatic rings. The Hall–Kier alpha value is -1.42. The van der Waals surface area contributed by atoms with Gasteiger partial charge in [-0.2, -0.15) is 0 Å². The summed E-state index contributed by atoms with van der Waals surface area (Å²) < 4.78 is 2.31. The maximum absolute atomic E-state index is 11.6. The highest BCUT2D eigenvalue weighted by atomic mass is 79.9. The van der Waals surface area contributed by atoms with Gasteiger partial charge in [0.2, 0.25) is 5.91 Å². The summed E-state index contributed by atoms with van der Waals surface area (Å²) in [6, 6.07) is 0. The summed E-state index contributed by atoms with van der Waals surface area (Å²) in [5.74, 6) is 0.0425. The summed E-state index contributed by atoms with van der Waals surface area (Å²) in [5, 5.41) is 13.0. The molecule has 17 heavy (non-hydrogen) atoms. The van der Waals surface area contributed by atoms with E-state index in [0.717, 1.165) is 0 Å². The fourth-order valence-corrected chi connectivity index (χ4v) is 1.91. The molecule has 0 spiro atoms. The third-order valence-corrected chi connectivity index (χ3v) is 2.59. The van der Waals surface area contributed by atoms with Crippen LogP contribution < -0.4 is 5.32 Å². The smallest absolute Gasteiger partial charge is 0.247 e. The Morgan fingerprint density at radius 3 is 2.94 bits per heavy atom. The molecule has 10 heteroatoms. The number of amides is 1. The molecule has 0 saturated carbocycles. The molecule has 0 radical (unpaired) electrons. The van der Waals surface area contributed by atoms with Gasteiger partial charge in [-0.05, 0) is 42.3 Å². The van der Waals surface area contributed by atoms with Crippen molar-refractivity contribution in [2.45, 2.75) is 6.54 Å². The minimum atomic E-state index is -0.297. The fourth-order valence-electron chi connectivity index (χ4n) is 1.00. The van der Waals surface area contributed by atoms with Crippen molar-refractivity contribution in [1.82, 2.24) is 30.2 Å². The number of carbonyl (C=O) groups excluding carboxylic acids is 1. The van der Waals surface area contributed by atoms with Crippen molar-refractivity contribution in [3.05, 3.63) is 21.7 Å². The van der Waals surface area contributed by atoms with Crippen LogP contribution in [0.3, 0.4) is 0 Å². The summed E-state index contributed by atoms with van der Waals surface area (Å²) in [4.78, 5) is 19.6. The highest BCUT2D eigenvalue weighted by Crippen LogP contribution is 2.19. The molecule has 88 valence electrons. The zero-order valence-electron chi connectivity index (χ0n) is 8.21. The summed E-state index contributed by atoms with van der Waals surface area (Å²) in [6.07, 6.45) is 2.83. The number of rotatable bonds is 3. The van der Waals surface area contributed by atoms with E-state index in [1.54, 1.807) is 0 Å². The Balaban J connectivity index is 2.03. The molecule has 8 nitrogen and oxygen atoms in total. The van der Waals surface area contributed by atoms with Crippen molar-refractivity contribution in [3.63, 3.8) is 0 Å². The second-order valence-electron chi connectivity index (χ2n) is 2.89.